The van der Waals surface area contributed by atoms with Crippen molar-refractivity contribution in [2.75, 3.05) is 18.1 Å². The molecule has 8 heteroatoms. The molecule has 1 aromatic heterocycles. The van der Waals surface area contributed by atoms with Gasteiger partial charge < -0.3 is 5.32 Å². The van der Waals surface area contributed by atoms with E-state index in [1.165, 1.54) is 49.1 Å². The molecular weight excluding hydrogens is 370 g/mol. The minimum absolute atomic E-state index is 0.108. The third-order valence-corrected chi connectivity index (χ3v) is 7.91. The number of hydrogen-bond donors (Lipinski definition) is 2. The standard InChI is InChI=1S/C18H27N3O3S2/c1-11-16(18-8-12-5-13(9-18)7-14(6-12)10-18)21-17(25-11)20-15(22)3-4-19-26(2,23)24/h12-14,19H,3-10H2,1-2H3,(H,20,21,22). The molecule has 0 saturated heterocycles. The normalized spacial score (nSPS) is 32.8. The molecule has 1 heterocycles. The molecule has 144 valence electrons. The molecule has 6 nitrogen and oxygen atoms in total. The Morgan fingerprint density at radius 2 is 1.77 bits per heavy atom. The lowest BCUT2D eigenvalue weighted by molar-refractivity contribution is -0.116. The summed E-state index contributed by atoms with van der Waals surface area (Å²) < 4.78 is 24.5. The molecule has 0 radical (unpaired) electrons. The molecule has 1 aromatic rings. The zero-order chi connectivity index (χ0) is 18.5. The van der Waals surface area contributed by atoms with Gasteiger partial charge in [-0.3, -0.25) is 4.79 Å². The number of hydrogen-bond acceptors (Lipinski definition) is 5. The minimum atomic E-state index is -3.26. The van der Waals surface area contributed by atoms with Crippen molar-refractivity contribution in [2.24, 2.45) is 17.8 Å². The molecule has 5 rings (SSSR count). The SMILES string of the molecule is Cc1sc(NC(=O)CCNS(C)(=O)=O)nc1C12CC3CC(CC(C3)C1)C2. The van der Waals surface area contributed by atoms with Crippen LogP contribution in [0.25, 0.3) is 0 Å². The number of nitrogens with zero attached hydrogens (tertiary/aromatic N) is 1. The summed E-state index contributed by atoms with van der Waals surface area (Å²) >= 11 is 1.55. The molecule has 4 fully saturated rings. The fourth-order valence-electron chi connectivity index (χ4n) is 5.87. The Kier molecular flexibility index (Phi) is 4.64. The molecule has 0 unspecified atom stereocenters. The molecule has 2 N–H and O–H groups in total. The average Bonchev–Trinajstić information content (AvgIpc) is 2.85. The van der Waals surface area contributed by atoms with Gasteiger partial charge in [-0.1, -0.05) is 0 Å². The molecule has 0 atom stereocenters. The summed E-state index contributed by atoms with van der Waals surface area (Å²) in [5.74, 6) is 2.39. The maximum atomic E-state index is 12.1. The maximum Gasteiger partial charge on any atom is 0.227 e. The number of aryl methyl sites for hydroxylation is 1. The lowest BCUT2D eigenvalue weighted by Crippen LogP contribution is -2.49. The molecule has 4 aliphatic rings. The fourth-order valence-corrected chi connectivity index (χ4v) is 7.30. The number of carbonyl (C=O) groups excluding carboxylic acids is 1. The van der Waals surface area contributed by atoms with Crippen molar-refractivity contribution in [1.29, 1.82) is 0 Å². The molecule has 0 aromatic carbocycles. The van der Waals surface area contributed by atoms with E-state index in [4.69, 9.17) is 4.98 Å². The van der Waals surface area contributed by atoms with Crippen LogP contribution in [0.5, 0.6) is 0 Å². The summed E-state index contributed by atoms with van der Waals surface area (Å²) in [4.78, 5) is 18.2. The smallest absolute Gasteiger partial charge is 0.227 e. The number of rotatable bonds is 6. The molecule has 0 aliphatic heterocycles. The Bertz CT molecular complexity index is 780. The van der Waals surface area contributed by atoms with Gasteiger partial charge in [-0.05, 0) is 63.2 Å². The van der Waals surface area contributed by atoms with Gasteiger partial charge in [0.2, 0.25) is 15.9 Å². The van der Waals surface area contributed by atoms with Crippen molar-refractivity contribution >= 4 is 32.4 Å². The summed E-state index contributed by atoms with van der Waals surface area (Å²) in [5.41, 5.74) is 1.45. The highest BCUT2D eigenvalue weighted by molar-refractivity contribution is 7.88. The van der Waals surface area contributed by atoms with Gasteiger partial charge in [0.05, 0.1) is 11.9 Å². The van der Waals surface area contributed by atoms with Crippen LogP contribution < -0.4 is 10.0 Å². The van der Waals surface area contributed by atoms with Gasteiger partial charge >= 0.3 is 0 Å². The summed E-state index contributed by atoms with van der Waals surface area (Å²) in [5, 5.41) is 3.51. The van der Waals surface area contributed by atoms with Crippen LogP contribution in [0.3, 0.4) is 0 Å². The molecule has 1 amide bonds. The van der Waals surface area contributed by atoms with Crippen LogP contribution >= 0.6 is 11.3 Å². The van der Waals surface area contributed by atoms with Crippen LogP contribution in [0.2, 0.25) is 0 Å². The van der Waals surface area contributed by atoms with E-state index in [1.807, 2.05) is 0 Å². The fraction of sp³-hybridized carbons (Fsp3) is 0.778. The molecular formula is C18H27N3O3S2. The largest absolute Gasteiger partial charge is 0.302 e. The monoisotopic (exact) mass is 397 g/mol. The predicted molar refractivity (Wildman–Crippen MR) is 103 cm³/mol. The van der Waals surface area contributed by atoms with Crippen LogP contribution in [0.1, 0.15) is 55.5 Å². The van der Waals surface area contributed by atoms with E-state index in [-0.39, 0.29) is 24.3 Å². The Morgan fingerprint density at radius 1 is 1.19 bits per heavy atom. The highest BCUT2D eigenvalue weighted by atomic mass is 32.2. The maximum absolute atomic E-state index is 12.1. The second-order valence-corrected chi connectivity index (χ2v) is 11.6. The average molecular weight is 398 g/mol. The summed E-state index contributed by atoms with van der Waals surface area (Å²) in [6, 6.07) is 0. The zero-order valence-corrected chi connectivity index (χ0v) is 17.0. The van der Waals surface area contributed by atoms with Gasteiger partial charge in [0.1, 0.15) is 0 Å². The first kappa shape index (κ1) is 18.4. The predicted octanol–water partition coefficient (Wildman–Crippen LogP) is 2.80. The zero-order valence-electron chi connectivity index (χ0n) is 15.4. The molecule has 26 heavy (non-hydrogen) atoms. The van der Waals surface area contributed by atoms with E-state index >= 15 is 0 Å². The first-order valence-corrected chi connectivity index (χ1v) is 12.2. The van der Waals surface area contributed by atoms with Crippen molar-refractivity contribution in [3.63, 3.8) is 0 Å². The number of amides is 1. The Hall–Kier alpha value is -0.990. The summed E-state index contributed by atoms with van der Waals surface area (Å²) in [6.07, 6.45) is 9.18. The van der Waals surface area contributed by atoms with Gasteiger partial charge in [-0.15, -0.1) is 11.3 Å². The van der Waals surface area contributed by atoms with Gasteiger partial charge in [0.25, 0.3) is 0 Å². The molecule has 4 saturated carbocycles. The number of thiazole rings is 1. The highest BCUT2D eigenvalue weighted by Gasteiger charge is 2.53. The van der Waals surface area contributed by atoms with Gasteiger partial charge in [0.15, 0.2) is 5.13 Å². The van der Waals surface area contributed by atoms with Crippen molar-refractivity contribution in [2.45, 2.75) is 57.3 Å². The molecule has 4 aliphatic carbocycles. The van der Waals surface area contributed by atoms with Gasteiger partial charge in [-0.2, -0.15) is 0 Å². The summed E-state index contributed by atoms with van der Waals surface area (Å²) in [6.45, 7) is 2.23. The van der Waals surface area contributed by atoms with Crippen molar-refractivity contribution in [3.05, 3.63) is 10.6 Å². The van der Waals surface area contributed by atoms with Crippen molar-refractivity contribution in [1.82, 2.24) is 9.71 Å². The lowest BCUT2D eigenvalue weighted by Gasteiger charge is -2.56. The topological polar surface area (TPSA) is 88.2 Å². The number of anilines is 1. The lowest BCUT2D eigenvalue weighted by atomic mass is 9.48. The van der Waals surface area contributed by atoms with Crippen LogP contribution in [-0.4, -0.2) is 32.1 Å². The number of aromatic nitrogens is 1. The van der Waals surface area contributed by atoms with Crippen LogP contribution in [0.4, 0.5) is 5.13 Å². The van der Waals surface area contributed by atoms with Crippen molar-refractivity contribution in [3.8, 4) is 0 Å². The van der Waals surface area contributed by atoms with E-state index in [9.17, 15) is 13.2 Å². The first-order valence-electron chi connectivity index (χ1n) is 9.45. The first-order chi connectivity index (χ1) is 12.2. The number of carbonyl (C=O) groups is 1. The Labute approximate surface area is 159 Å². The summed E-state index contributed by atoms with van der Waals surface area (Å²) in [7, 11) is -3.26. The van der Waals surface area contributed by atoms with E-state index in [0.717, 1.165) is 24.0 Å². The number of sulfonamides is 1. The Balaban J connectivity index is 1.44. The highest BCUT2D eigenvalue weighted by Crippen LogP contribution is 2.61. The van der Waals surface area contributed by atoms with E-state index in [0.29, 0.717) is 5.13 Å². The molecule has 0 spiro atoms. The van der Waals surface area contributed by atoms with E-state index in [1.54, 1.807) is 11.3 Å². The van der Waals surface area contributed by atoms with E-state index < -0.39 is 10.0 Å². The quantitative estimate of drug-likeness (QED) is 0.773. The second kappa shape index (κ2) is 6.56. The third kappa shape index (κ3) is 3.68. The minimum Gasteiger partial charge on any atom is -0.302 e. The van der Waals surface area contributed by atoms with Crippen molar-refractivity contribution < 1.29 is 13.2 Å². The molecule has 4 bridgehead atoms. The van der Waals surface area contributed by atoms with Gasteiger partial charge in [0, 0.05) is 23.3 Å². The number of nitrogens with one attached hydrogen (secondary N) is 2. The van der Waals surface area contributed by atoms with E-state index in [2.05, 4.69) is 17.0 Å². The van der Waals surface area contributed by atoms with Gasteiger partial charge in [-0.25, -0.2) is 18.1 Å². The van der Waals surface area contributed by atoms with Crippen LogP contribution in [0, 0.1) is 24.7 Å². The van der Waals surface area contributed by atoms with Crippen LogP contribution in [-0.2, 0) is 20.2 Å². The van der Waals surface area contributed by atoms with Crippen LogP contribution in [0.15, 0.2) is 0 Å². The Morgan fingerprint density at radius 3 is 2.31 bits per heavy atom. The third-order valence-electron chi connectivity index (χ3n) is 6.30. The second-order valence-electron chi connectivity index (χ2n) is 8.59.